The van der Waals surface area contributed by atoms with Crippen molar-refractivity contribution >= 4 is 21.8 Å². The van der Waals surface area contributed by atoms with E-state index in [1.54, 1.807) is 0 Å². The number of hydrogen-bond acceptors (Lipinski definition) is 3. The van der Waals surface area contributed by atoms with Crippen molar-refractivity contribution < 1.29 is 13.2 Å². The highest BCUT2D eigenvalue weighted by molar-refractivity contribution is 6.11. The van der Waals surface area contributed by atoms with Gasteiger partial charge in [0.1, 0.15) is 0 Å². The highest BCUT2D eigenvalue weighted by Crippen LogP contribution is 2.41. The zero-order chi connectivity index (χ0) is 39.9. The fourth-order valence-electron chi connectivity index (χ4n) is 7.76. The number of hydrogen-bond donors (Lipinski definition) is 0. The Hall–Kier alpha value is -7.64. The minimum absolute atomic E-state index is 0.458. The first-order valence-electron chi connectivity index (χ1n) is 19.3. The molecule has 0 spiro atoms. The minimum Gasteiger partial charge on any atom is -0.308 e. The fraction of sp³-hybridized carbons (Fsp3) is 0.0192. The second kappa shape index (κ2) is 14.7. The summed E-state index contributed by atoms with van der Waals surface area (Å²) >= 11 is 0. The van der Waals surface area contributed by atoms with Crippen molar-refractivity contribution in [3.05, 3.63) is 206 Å². The predicted octanol–water partition coefficient (Wildman–Crippen LogP) is 14.0. The van der Waals surface area contributed by atoms with E-state index in [2.05, 4.69) is 65.2 Å². The molecule has 8 aromatic carbocycles. The van der Waals surface area contributed by atoms with Crippen LogP contribution in [0.15, 0.2) is 200 Å². The Morgan fingerprint density at radius 1 is 0.339 bits per heavy atom. The number of halogens is 3. The van der Waals surface area contributed by atoms with E-state index in [0.717, 1.165) is 84.1 Å². The van der Waals surface area contributed by atoms with Crippen LogP contribution in [0.3, 0.4) is 0 Å². The van der Waals surface area contributed by atoms with E-state index in [1.807, 2.05) is 115 Å². The van der Waals surface area contributed by atoms with Crippen molar-refractivity contribution in [3.8, 4) is 73.2 Å². The molecule has 0 unspecified atom stereocenters. The lowest BCUT2D eigenvalue weighted by molar-refractivity contribution is -0.137. The van der Waals surface area contributed by atoms with E-state index in [4.69, 9.17) is 15.0 Å². The number of rotatable bonds is 7. The molecule has 59 heavy (non-hydrogen) atoms. The average Bonchev–Trinajstić information content (AvgIpc) is 3.62. The standard InChI is InChI=1S/C52H33F3N4/c53-52(54,55)42-26-21-36(22-27-42)41-25-30-45(51-57-49(37-17-9-3-10-18-37)56-50(58-51)38-19-11-4-12-20-38)48(33-41)59-46-31-39(34-13-5-1-6-14-34)23-28-43(46)44-29-24-40(32-47(44)59)35-15-7-2-8-16-35/h1-33H. The molecule has 0 fully saturated rings. The van der Waals surface area contributed by atoms with Crippen molar-refractivity contribution in [1.29, 1.82) is 0 Å². The first-order chi connectivity index (χ1) is 28.9. The van der Waals surface area contributed by atoms with Crippen LogP contribution in [-0.4, -0.2) is 19.5 Å². The second-order valence-electron chi connectivity index (χ2n) is 14.4. The Balaban J connectivity index is 1.30. The third-order valence-corrected chi connectivity index (χ3v) is 10.7. The molecule has 2 heterocycles. The number of benzene rings is 8. The van der Waals surface area contributed by atoms with Crippen LogP contribution in [0.5, 0.6) is 0 Å². The fourth-order valence-corrected chi connectivity index (χ4v) is 7.76. The first kappa shape index (κ1) is 35.8. The molecule has 0 aliphatic heterocycles. The summed E-state index contributed by atoms with van der Waals surface area (Å²) in [5.74, 6) is 1.50. The molecule has 10 rings (SSSR count). The maximum Gasteiger partial charge on any atom is 0.416 e. The van der Waals surface area contributed by atoms with Gasteiger partial charge in [0.2, 0.25) is 0 Å². The van der Waals surface area contributed by atoms with Gasteiger partial charge >= 0.3 is 6.18 Å². The van der Waals surface area contributed by atoms with Crippen molar-refractivity contribution in [2.45, 2.75) is 6.18 Å². The van der Waals surface area contributed by atoms with E-state index >= 15 is 0 Å². The molecule has 0 aliphatic rings. The molecular weight excluding hydrogens is 738 g/mol. The molecule has 2 aromatic heterocycles. The molecule has 4 nitrogen and oxygen atoms in total. The summed E-state index contributed by atoms with van der Waals surface area (Å²) in [6.45, 7) is 0. The van der Waals surface area contributed by atoms with Gasteiger partial charge in [-0.25, -0.2) is 15.0 Å². The van der Waals surface area contributed by atoms with Gasteiger partial charge in [0.25, 0.3) is 0 Å². The van der Waals surface area contributed by atoms with E-state index in [1.165, 1.54) is 12.1 Å². The summed E-state index contributed by atoms with van der Waals surface area (Å²) in [7, 11) is 0. The summed E-state index contributed by atoms with van der Waals surface area (Å²) in [5, 5.41) is 2.10. The van der Waals surface area contributed by atoms with E-state index < -0.39 is 11.7 Å². The predicted molar refractivity (Wildman–Crippen MR) is 232 cm³/mol. The number of fused-ring (bicyclic) bond motifs is 3. The van der Waals surface area contributed by atoms with E-state index in [0.29, 0.717) is 23.0 Å². The smallest absolute Gasteiger partial charge is 0.308 e. The topological polar surface area (TPSA) is 43.6 Å². The van der Waals surface area contributed by atoms with Gasteiger partial charge in [-0.05, 0) is 69.8 Å². The Morgan fingerprint density at radius 2 is 0.712 bits per heavy atom. The first-order valence-corrected chi connectivity index (χ1v) is 19.3. The molecule has 0 radical (unpaired) electrons. The van der Waals surface area contributed by atoms with Gasteiger partial charge in [0.05, 0.1) is 22.3 Å². The Labute approximate surface area is 338 Å². The molecule has 0 bridgehead atoms. The van der Waals surface area contributed by atoms with E-state index in [-0.39, 0.29) is 0 Å². The number of nitrogens with zero attached hydrogens (tertiary/aromatic N) is 4. The van der Waals surface area contributed by atoms with Crippen molar-refractivity contribution in [1.82, 2.24) is 19.5 Å². The summed E-state index contributed by atoms with van der Waals surface area (Å²) in [6.07, 6.45) is -4.45. The van der Waals surface area contributed by atoms with Crippen LogP contribution in [0.25, 0.3) is 95.0 Å². The molecule has 0 atom stereocenters. The molecule has 0 N–H and O–H groups in total. The molecule has 0 aliphatic carbocycles. The maximum absolute atomic E-state index is 13.7. The van der Waals surface area contributed by atoms with Crippen LogP contribution < -0.4 is 0 Å². The normalized spacial score (nSPS) is 11.6. The summed E-state index contributed by atoms with van der Waals surface area (Å²) < 4.78 is 43.4. The van der Waals surface area contributed by atoms with Gasteiger partial charge in [0.15, 0.2) is 17.5 Å². The van der Waals surface area contributed by atoms with Crippen LogP contribution in [0.2, 0.25) is 0 Å². The van der Waals surface area contributed by atoms with Crippen molar-refractivity contribution in [2.75, 3.05) is 0 Å². The highest BCUT2D eigenvalue weighted by atomic mass is 19.4. The third-order valence-electron chi connectivity index (χ3n) is 10.7. The Morgan fingerprint density at radius 3 is 1.17 bits per heavy atom. The van der Waals surface area contributed by atoms with Crippen LogP contribution in [-0.2, 0) is 6.18 Å². The SMILES string of the molecule is FC(F)(F)c1ccc(-c2ccc(-c3nc(-c4ccccc4)nc(-c4ccccc4)n3)c(-n3c4cc(-c5ccccc5)ccc4c4ccc(-c5ccccc5)cc43)c2)cc1. The molecule has 0 amide bonds. The largest absolute Gasteiger partial charge is 0.416 e. The van der Waals surface area contributed by atoms with E-state index in [9.17, 15) is 13.2 Å². The molecule has 282 valence electrons. The molecule has 7 heteroatoms. The van der Waals surface area contributed by atoms with Crippen LogP contribution in [0.4, 0.5) is 13.2 Å². The average molecular weight is 771 g/mol. The van der Waals surface area contributed by atoms with Crippen molar-refractivity contribution in [3.63, 3.8) is 0 Å². The Kier molecular flexibility index (Phi) is 8.91. The zero-order valence-corrected chi connectivity index (χ0v) is 31.5. The third kappa shape index (κ3) is 6.83. The summed E-state index contributed by atoms with van der Waals surface area (Å²) in [4.78, 5) is 15.2. The van der Waals surface area contributed by atoms with Gasteiger partial charge in [-0.3, -0.25) is 0 Å². The minimum atomic E-state index is -4.45. The summed E-state index contributed by atoms with van der Waals surface area (Å²) in [6, 6.07) is 64.5. The lowest BCUT2D eigenvalue weighted by Crippen LogP contribution is -2.05. The lowest BCUT2D eigenvalue weighted by atomic mass is 10.00. The van der Waals surface area contributed by atoms with Gasteiger partial charge in [0, 0.05) is 27.5 Å². The molecule has 0 saturated heterocycles. The molecule has 0 saturated carbocycles. The van der Waals surface area contributed by atoms with Crippen LogP contribution >= 0.6 is 0 Å². The quantitative estimate of drug-likeness (QED) is 0.162. The zero-order valence-electron chi connectivity index (χ0n) is 31.5. The van der Waals surface area contributed by atoms with Gasteiger partial charge in [-0.2, -0.15) is 13.2 Å². The maximum atomic E-state index is 13.7. The van der Waals surface area contributed by atoms with Crippen LogP contribution in [0, 0.1) is 0 Å². The summed E-state index contributed by atoms with van der Waals surface area (Å²) in [5.41, 5.74) is 10.0. The number of aromatic nitrogens is 4. The number of alkyl halides is 3. The monoisotopic (exact) mass is 770 g/mol. The highest BCUT2D eigenvalue weighted by Gasteiger charge is 2.30. The van der Waals surface area contributed by atoms with Gasteiger partial charge in [-0.1, -0.05) is 164 Å². The molecular formula is C52H33F3N4. The molecule has 10 aromatic rings. The van der Waals surface area contributed by atoms with Gasteiger partial charge < -0.3 is 4.57 Å². The van der Waals surface area contributed by atoms with Crippen molar-refractivity contribution in [2.24, 2.45) is 0 Å². The van der Waals surface area contributed by atoms with Gasteiger partial charge in [-0.15, -0.1) is 0 Å². The van der Waals surface area contributed by atoms with Crippen LogP contribution in [0.1, 0.15) is 5.56 Å². The lowest BCUT2D eigenvalue weighted by Gasteiger charge is -2.17. The Bertz CT molecular complexity index is 2950. The second-order valence-corrected chi connectivity index (χ2v) is 14.4.